The number of amides is 1. The molecule has 1 amide bonds. The third-order valence-electron chi connectivity index (χ3n) is 9.82. The van der Waals surface area contributed by atoms with E-state index >= 15 is 0 Å². The summed E-state index contributed by atoms with van der Waals surface area (Å²) in [5, 5.41) is 0.0717. The first kappa shape index (κ1) is 34.6. The summed E-state index contributed by atoms with van der Waals surface area (Å²) in [5.74, 6) is 0.769. The van der Waals surface area contributed by atoms with Crippen molar-refractivity contribution < 1.29 is 18.0 Å². The summed E-state index contributed by atoms with van der Waals surface area (Å²) >= 11 is 3.68. The first-order chi connectivity index (χ1) is 20.3. The maximum atomic E-state index is 13.9. The van der Waals surface area contributed by atoms with Gasteiger partial charge in [-0.3, -0.25) is 4.79 Å². The van der Waals surface area contributed by atoms with Gasteiger partial charge in [0.15, 0.2) is 8.32 Å². The van der Waals surface area contributed by atoms with Crippen LogP contribution in [0.3, 0.4) is 0 Å². The van der Waals surface area contributed by atoms with E-state index in [9.17, 15) is 9.18 Å². The van der Waals surface area contributed by atoms with Crippen LogP contribution < -0.4 is 9.33 Å². The molecule has 4 rings (SSSR count). The van der Waals surface area contributed by atoms with E-state index in [4.69, 9.17) is 8.85 Å². The van der Waals surface area contributed by atoms with Crippen LogP contribution in [-0.4, -0.2) is 29.1 Å². The van der Waals surface area contributed by atoms with Crippen LogP contribution in [-0.2, 0) is 15.6 Å². The number of halogens is 2. The number of rotatable bonds is 10. The second-order valence-electron chi connectivity index (χ2n) is 15.1. The number of hydrogen-bond acceptors (Lipinski definition) is 3. The number of β-lactam (4-membered cyclic amide) rings is 1. The van der Waals surface area contributed by atoms with Gasteiger partial charge >= 0.3 is 0 Å². The van der Waals surface area contributed by atoms with Crippen LogP contribution in [0.15, 0.2) is 65.1 Å². The van der Waals surface area contributed by atoms with Gasteiger partial charge < -0.3 is 13.8 Å². The van der Waals surface area contributed by atoms with Crippen molar-refractivity contribution in [2.24, 2.45) is 0 Å². The molecule has 238 valence electrons. The van der Waals surface area contributed by atoms with E-state index in [2.05, 4.69) is 120 Å². The molecule has 0 bridgehead atoms. The number of benzene rings is 3. The standard InChI is InChI=1S/C36H49BrFNO3Si2/c1-35(2,3)43(7,8)41-32(25-11-15-28(38)16-12-25)20-13-26-23-29(39-22-21-34(39)40)17-19-30(26)31-18-14-27(37)24-33(31)42-44(9,10)36(4,5)6/h11-12,14-19,23-24,32H,13,20-22H2,1-10H3/t32-/m0/s1. The quantitative estimate of drug-likeness (QED) is 0.156. The molecule has 0 radical (unpaired) electrons. The Hall–Kier alpha value is -2.27. The topological polar surface area (TPSA) is 38.8 Å². The van der Waals surface area contributed by atoms with Crippen LogP contribution in [0.4, 0.5) is 10.1 Å². The summed E-state index contributed by atoms with van der Waals surface area (Å²) in [5.41, 5.74) is 5.17. The lowest BCUT2D eigenvalue weighted by atomic mass is 9.92. The Morgan fingerprint density at radius 1 is 0.864 bits per heavy atom. The average Bonchev–Trinajstić information content (AvgIpc) is 2.89. The van der Waals surface area contributed by atoms with Gasteiger partial charge in [0.05, 0.1) is 6.10 Å². The van der Waals surface area contributed by atoms with Gasteiger partial charge in [0.25, 0.3) is 8.32 Å². The molecule has 3 aromatic rings. The number of anilines is 1. The van der Waals surface area contributed by atoms with Gasteiger partial charge in [0.2, 0.25) is 5.91 Å². The largest absolute Gasteiger partial charge is 0.543 e. The van der Waals surface area contributed by atoms with Gasteiger partial charge in [-0.2, -0.15) is 0 Å². The van der Waals surface area contributed by atoms with Crippen LogP contribution >= 0.6 is 15.9 Å². The Morgan fingerprint density at radius 2 is 1.48 bits per heavy atom. The minimum atomic E-state index is -2.14. The maximum absolute atomic E-state index is 13.9. The molecule has 1 atom stereocenters. The molecule has 0 saturated carbocycles. The highest BCUT2D eigenvalue weighted by Crippen LogP contribution is 2.44. The Labute approximate surface area is 274 Å². The summed E-state index contributed by atoms with van der Waals surface area (Å²) in [7, 11) is -4.28. The van der Waals surface area contributed by atoms with E-state index < -0.39 is 16.6 Å². The molecule has 3 aromatic carbocycles. The SMILES string of the molecule is CC(C)(C)[Si](C)(C)Oc1cc(Br)ccc1-c1ccc(N2CCC2=O)cc1CC[C@H](O[Si](C)(C)C(C)(C)C)c1ccc(F)cc1. The fourth-order valence-corrected chi connectivity index (χ4v) is 7.51. The van der Waals surface area contributed by atoms with Gasteiger partial charge in [0.1, 0.15) is 11.6 Å². The van der Waals surface area contributed by atoms with E-state index in [1.807, 2.05) is 17.0 Å². The highest BCUT2D eigenvalue weighted by atomic mass is 79.9. The van der Waals surface area contributed by atoms with Crippen LogP contribution in [0.25, 0.3) is 11.1 Å². The molecule has 44 heavy (non-hydrogen) atoms. The van der Waals surface area contributed by atoms with Crippen molar-refractivity contribution in [3.05, 3.63) is 82.1 Å². The lowest BCUT2D eigenvalue weighted by Gasteiger charge is -2.39. The van der Waals surface area contributed by atoms with Crippen molar-refractivity contribution in [3.8, 4) is 16.9 Å². The monoisotopic (exact) mass is 697 g/mol. The Bertz CT molecular complexity index is 1490. The molecule has 1 saturated heterocycles. The average molecular weight is 699 g/mol. The summed E-state index contributed by atoms with van der Waals surface area (Å²) in [6.45, 7) is 23.3. The minimum Gasteiger partial charge on any atom is -0.543 e. The Kier molecular flexibility index (Phi) is 10.1. The highest BCUT2D eigenvalue weighted by molar-refractivity contribution is 9.10. The predicted octanol–water partition coefficient (Wildman–Crippen LogP) is 11.1. The normalized spacial score (nSPS) is 15.3. The number of carbonyl (C=O) groups is 1. The molecule has 0 aromatic heterocycles. The lowest BCUT2D eigenvalue weighted by Crippen LogP contribution is -2.44. The van der Waals surface area contributed by atoms with Crippen LogP contribution in [0.5, 0.6) is 5.75 Å². The molecule has 0 spiro atoms. The summed E-state index contributed by atoms with van der Waals surface area (Å²) in [6, 6.07) is 19.4. The lowest BCUT2D eigenvalue weighted by molar-refractivity contribution is -0.122. The van der Waals surface area contributed by atoms with Crippen LogP contribution in [0, 0.1) is 5.82 Å². The van der Waals surface area contributed by atoms with E-state index in [1.165, 1.54) is 12.1 Å². The number of hydrogen-bond donors (Lipinski definition) is 0. The van der Waals surface area contributed by atoms with Gasteiger partial charge in [-0.1, -0.05) is 75.7 Å². The predicted molar refractivity (Wildman–Crippen MR) is 190 cm³/mol. The molecule has 1 heterocycles. The summed E-state index contributed by atoms with van der Waals surface area (Å²) in [4.78, 5) is 14.3. The van der Waals surface area contributed by atoms with Crippen LogP contribution in [0.1, 0.15) is 71.6 Å². The third-order valence-corrected chi connectivity index (χ3v) is 19.1. The fraction of sp³-hybridized carbons (Fsp3) is 0.472. The van der Waals surface area contributed by atoms with Crippen molar-refractivity contribution >= 4 is 44.2 Å². The Balaban J connectivity index is 1.78. The van der Waals surface area contributed by atoms with Crippen molar-refractivity contribution in [1.82, 2.24) is 0 Å². The van der Waals surface area contributed by atoms with Crippen LogP contribution in [0.2, 0.25) is 36.3 Å². The molecular formula is C36H49BrFNO3Si2. The molecule has 0 aliphatic carbocycles. The van der Waals surface area contributed by atoms with Crippen molar-refractivity contribution in [2.75, 3.05) is 11.4 Å². The van der Waals surface area contributed by atoms with E-state index in [1.54, 1.807) is 0 Å². The van der Waals surface area contributed by atoms with Gasteiger partial charge in [-0.05, 0) is 108 Å². The summed E-state index contributed by atoms with van der Waals surface area (Å²) in [6.07, 6.45) is 1.84. The second kappa shape index (κ2) is 12.9. The molecule has 1 fully saturated rings. The number of nitrogens with zero attached hydrogens (tertiary/aromatic N) is 1. The zero-order valence-corrected chi connectivity index (χ0v) is 31.7. The molecule has 0 N–H and O–H groups in total. The maximum Gasteiger partial charge on any atom is 0.250 e. The third kappa shape index (κ3) is 7.74. The molecule has 4 nitrogen and oxygen atoms in total. The molecule has 1 aliphatic rings. The zero-order chi connectivity index (χ0) is 32.7. The molecule has 8 heteroatoms. The van der Waals surface area contributed by atoms with E-state index in [0.717, 1.165) is 57.5 Å². The molecule has 0 unspecified atom stereocenters. The first-order valence-corrected chi connectivity index (χ1v) is 22.3. The first-order valence-electron chi connectivity index (χ1n) is 15.6. The second-order valence-corrected chi connectivity index (χ2v) is 25.5. The summed E-state index contributed by atoms with van der Waals surface area (Å²) < 4.78 is 28.8. The Morgan fingerprint density at radius 3 is 2.02 bits per heavy atom. The minimum absolute atomic E-state index is 0.0294. The van der Waals surface area contributed by atoms with E-state index in [-0.39, 0.29) is 27.9 Å². The smallest absolute Gasteiger partial charge is 0.250 e. The highest BCUT2D eigenvalue weighted by Gasteiger charge is 2.41. The number of carbonyl (C=O) groups excluding carboxylic acids is 1. The number of aryl methyl sites for hydroxylation is 1. The van der Waals surface area contributed by atoms with Crippen molar-refractivity contribution in [3.63, 3.8) is 0 Å². The van der Waals surface area contributed by atoms with E-state index in [0.29, 0.717) is 6.42 Å². The van der Waals surface area contributed by atoms with Gasteiger partial charge in [0, 0.05) is 28.7 Å². The van der Waals surface area contributed by atoms with Gasteiger partial charge in [-0.15, -0.1) is 0 Å². The van der Waals surface area contributed by atoms with Crippen molar-refractivity contribution in [2.45, 2.75) is 103 Å². The molecule has 1 aliphatic heterocycles. The zero-order valence-electron chi connectivity index (χ0n) is 28.1. The fourth-order valence-electron chi connectivity index (χ4n) is 4.83. The molecular weight excluding hydrogens is 649 g/mol. The van der Waals surface area contributed by atoms with Crippen molar-refractivity contribution in [1.29, 1.82) is 0 Å². The van der Waals surface area contributed by atoms with Gasteiger partial charge in [-0.25, -0.2) is 4.39 Å².